The number of halogens is 1. The third-order valence-corrected chi connectivity index (χ3v) is 3.90. The van der Waals surface area contributed by atoms with Gasteiger partial charge in [-0.2, -0.15) is 0 Å². The van der Waals surface area contributed by atoms with Crippen molar-refractivity contribution >= 4 is 17.5 Å². The van der Waals surface area contributed by atoms with Crippen molar-refractivity contribution in [1.29, 1.82) is 0 Å². The highest BCUT2D eigenvalue weighted by Gasteiger charge is 2.33. The van der Waals surface area contributed by atoms with Gasteiger partial charge in [-0.05, 0) is 32.3 Å². The summed E-state index contributed by atoms with van der Waals surface area (Å²) in [6.07, 6.45) is 1.64. The number of rotatable bonds is 3. The Labute approximate surface area is 127 Å². The standard InChI is InChI=1S/C14H16ClN5O/c1-18(2)12-7-19(8-12)14(21)13-9-20(17-16-13)11-5-3-4-10(15)6-11/h3-6,9,12H,7-8H2,1-2H3. The maximum Gasteiger partial charge on any atom is 0.276 e. The first-order chi connectivity index (χ1) is 10.0. The van der Waals surface area contributed by atoms with Gasteiger partial charge in [0, 0.05) is 24.2 Å². The van der Waals surface area contributed by atoms with Crippen LogP contribution < -0.4 is 0 Å². The zero-order chi connectivity index (χ0) is 15.0. The number of hydrogen-bond acceptors (Lipinski definition) is 4. The van der Waals surface area contributed by atoms with Crippen LogP contribution in [0.25, 0.3) is 5.69 Å². The third kappa shape index (κ3) is 2.77. The summed E-state index contributed by atoms with van der Waals surface area (Å²) in [5, 5.41) is 8.57. The molecule has 1 saturated heterocycles. The molecule has 1 aromatic carbocycles. The molecule has 0 unspecified atom stereocenters. The molecular formula is C14H16ClN5O. The predicted octanol–water partition coefficient (Wildman–Crippen LogP) is 1.31. The normalized spacial score (nSPS) is 15.3. The van der Waals surface area contributed by atoms with Crippen LogP contribution in [0.3, 0.4) is 0 Å². The molecule has 0 spiro atoms. The third-order valence-electron chi connectivity index (χ3n) is 3.67. The van der Waals surface area contributed by atoms with Crippen molar-refractivity contribution in [2.45, 2.75) is 6.04 Å². The first-order valence-corrected chi connectivity index (χ1v) is 7.06. The fourth-order valence-electron chi connectivity index (χ4n) is 2.22. The minimum atomic E-state index is -0.0821. The van der Waals surface area contributed by atoms with Gasteiger partial charge in [-0.25, -0.2) is 4.68 Å². The molecule has 7 heteroatoms. The van der Waals surface area contributed by atoms with E-state index >= 15 is 0 Å². The molecule has 3 rings (SSSR count). The summed E-state index contributed by atoms with van der Waals surface area (Å²) < 4.78 is 1.56. The molecule has 110 valence electrons. The molecule has 0 N–H and O–H groups in total. The summed E-state index contributed by atoms with van der Waals surface area (Å²) in [5.41, 5.74) is 1.14. The number of likely N-dealkylation sites (tertiary alicyclic amines) is 1. The van der Waals surface area contributed by atoms with Crippen molar-refractivity contribution < 1.29 is 4.79 Å². The molecule has 1 aromatic heterocycles. The zero-order valence-electron chi connectivity index (χ0n) is 11.9. The molecule has 0 radical (unpaired) electrons. The minimum absolute atomic E-state index is 0.0821. The van der Waals surface area contributed by atoms with Gasteiger partial charge in [0.15, 0.2) is 5.69 Å². The van der Waals surface area contributed by atoms with Gasteiger partial charge >= 0.3 is 0 Å². The fourth-order valence-corrected chi connectivity index (χ4v) is 2.40. The van der Waals surface area contributed by atoms with E-state index in [1.54, 1.807) is 27.9 Å². The SMILES string of the molecule is CN(C)C1CN(C(=O)c2cn(-c3cccc(Cl)c3)nn2)C1. The smallest absolute Gasteiger partial charge is 0.276 e. The summed E-state index contributed by atoms with van der Waals surface area (Å²) in [6.45, 7) is 1.46. The van der Waals surface area contributed by atoms with Crippen LogP contribution in [-0.4, -0.2) is 63.9 Å². The van der Waals surface area contributed by atoms with Crippen LogP contribution in [-0.2, 0) is 0 Å². The lowest BCUT2D eigenvalue weighted by molar-refractivity contribution is 0.0394. The first-order valence-electron chi connectivity index (χ1n) is 6.68. The zero-order valence-corrected chi connectivity index (χ0v) is 12.7. The molecule has 6 nitrogen and oxygen atoms in total. The number of hydrogen-bond donors (Lipinski definition) is 0. The van der Waals surface area contributed by atoms with Gasteiger partial charge in [-0.1, -0.05) is 22.9 Å². The van der Waals surface area contributed by atoms with E-state index in [0.29, 0.717) is 16.8 Å². The van der Waals surface area contributed by atoms with Crippen LogP contribution in [0.1, 0.15) is 10.5 Å². The second kappa shape index (κ2) is 5.46. The Hall–Kier alpha value is -1.92. The van der Waals surface area contributed by atoms with Gasteiger partial charge in [0.1, 0.15) is 0 Å². The van der Waals surface area contributed by atoms with Gasteiger partial charge < -0.3 is 9.80 Å². The predicted molar refractivity (Wildman–Crippen MR) is 79.7 cm³/mol. The Kier molecular flexibility index (Phi) is 3.65. The van der Waals surface area contributed by atoms with Gasteiger partial charge in [-0.3, -0.25) is 4.79 Å². The lowest BCUT2D eigenvalue weighted by Gasteiger charge is -2.42. The van der Waals surface area contributed by atoms with Crippen LogP contribution in [0.2, 0.25) is 5.02 Å². The van der Waals surface area contributed by atoms with Gasteiger partial charge in [-0.15, -0.1) is 5.10 Å². The fraction of sp³-hybridized carbons (Fsp3) is 0.357. The molecule has 1 fully saturated rings. The van der Waals surface area contributed by atoms with Crippen molar-refractivity contribution in [3.63, 3.8) is 0 Å². The topological polar surface area (TPSA) is 54.3 Å². The molecule has 0 bridgehead atoms. The minimum Gasteiger partial charge on any atom is -0.334 e. The van der Waals surface area contributed by atoms with Crippen LogP contribution >= 0.6 is 11.6 Å². The van der Waals surface area contributed by atoms with Crippen molar-refractivity contribution in [3.8, 4) is 5.69 Å². The Morgan fingerprint density at radius 2 is 2.14 bits per heavy atom. The molecule has 1 amide bonds. The van der Waals surface area contributed by atoms with Crippen molar-refractivity contribution in [1.82, 2.24) is 24.8 Å². The monoisotopic (exact) mass is 305 g/mol. The van der Waals surface area contributed by atoms with E-state index < -0.39 is 0 Å². The van der Waals surface area contributed by atoms with Gasteiger partial charge in [0.25, 0.3) is 5.91 Å². The van der Waals surface area contributed by atoms with Crippen molar-refractivity contribution in [2.24, 2.45) is 0 Å². The second-order valence-electron chi connectivity index (χ2n) is 5.36. The van der Waals surface area contributed by atoms with E-state index in [-0.39, 0.29) is 5.91 Å². The van der Waals surface area contributed by atoms with E-state index in [1.165, 1.54) is 0 Å². The molecule has 0 aliphatic carbocycles. The Bertz CT molecular complexity index is 663. The Morgan fingerprint density at radius 1 is 1.38 bits per heavy atom. The number of nitrogens with zero attached hydrogens (tertiary/aromatic N) is 5. The van der Waals surface area contributed by atoms with Crippen LogP contribution in [0, 0.1) is 0 Å². The number of benzene rings is 1. The van der Waals surface area contributed by atoms with Gasteiger partial charge in [0.2, 0.25) is 0 Å². The largest absolute Gasteiger partial charge is 0.334 e. The number of carbonyl (C=O) groups is 1. The van der Waals surface area contributed by atoms with Gasteiger partial charge in [0.05, 0.1) is 11.9 Å². The molecular weight excluding hydrogens is 290 g/mol. The summed E-state index contributed by atoms with van der Waals surface area (Å²) in [5.74, 6) is -0.0821. The quantitative estimate of drug-likeness (QED) is 0.858. The molecule has 0 atom stereocenters. The molecule has 1 aliphatic rings. The van der Waals surface area contributed by atoms with E-state index in [9.17, 15) is 4.79 Å². The molecule has 1 aliphatic heterocycles. The highest BCUT2D eigenvalue weighted by atomic mass is 35.5. The number of amides is 1. The van der Waals surface area contributed by atoms with E-state index in [2.05, 4.69) is 15.2 Å². The maximum absolute atomic E-state index is 12.3. The van der Waals surface area contributed by atoms with Crippen molar-refractivity contribution in [2.75, 3.05) is 27.2 Å². The number of carbonyl (C=O) groups excluding carboxylic acids is 1. The highest BCUT2D eigenvalue weighted by molar-refractivity contribution is 6.30. The van der Waals surface area contributed by atoms with E-state index in [0.717, 1.165) is 18.8 Å². The Morgan fingerprint density at radius 3 is 2.81 bits per heavy atom. The molecule has 0 saturated carbocycles. The van der Waals surface area contributed by atoms with Crippen molar-refractivity contribution in [3.05, 3.63) is 41.2 Å². The second-order valence-corrected chi connectivity index (χ2v) is 5.79. The summed E-state index contributed by atoms with van der Waals surface area (Å²) in [7, 11) is 4.03. The molecule has 21 heavy (non-hydrogen) atoms. The van der Waals surface area contributed by atoms with Crippen LogP contribution in [0.5, 0.6) is 0 Å². The lowest BCUT2D eigenvalue weighted by atomic mass is 10.1. The summed E-state index contributed by atoms with van der Waals surface area (Å²) in [6, 6.07) is 7.68. The van der Waals surface area contributed by atoms with Crippen LogP contribution in [0.4, 0.5) is 0 Å². The lowest BCUT2D eigenvalue weighted by Crippen LogP contribution is -2.59. The summed E-state index contributed by atoms with van der Waals surface area (Å²) >= 11 is 5.95. The van der Waals surface area contributed by atoms with Crippen LogP contribution in [0.15, 0.2) is 30.5 Å². The number of likely N-dealkylation sites (N-methyl/N-ethyl adjacent to an activating group) is 1. The molecule has 2 aromatic rings. The average molecular weight is 306 g/mol. The highest BCUT2D eigenvalue weighted by Crippen LogP contribution is 2.17. The summed E-state index contributed by atoms with van der Waals surface area (Å²) in [4.78, 5) is 16.2. The Balaban J connectivity index is 1.72. The maximum atomic E-state index is 12.3. The van der Waals surface area contributed by atoms with E-state index in [1.807, 2.05) is 26.2 Å². The molecule has 2 heterocycles. The van der Waals surface area contributed by atoms with E-state index in [4.69, 9.17) is 11.6 Å². The first kappa shape index (κ1) is 14.0. The average Bonchev–Trinajstić information content (AvgIpc) is 2.85. The number of aromatic nitrogens is 3.